The second-order valence-electron chi connectivity index (χ2n) is 9.86. The van der Waals surface area contributed by atoms with Gasteiger partial charge in [-0.15, -0.1) is 11.3 Å². The summed E-state index contributed by atoms with van der Waals surface area (Å²) in [5.41, 5.74) is 8.21. The van der Waals surface area contributed by atoms with Crippen LogP contribution < -0.4 is 0 Å². The van der Waals surface area contributed by atoms with Crippen molar-refractivity contribution in [2.24, 2.45) is 0 Å². The molecule has 0 bridgehead atoms. The van der Waals surface area contributed by atoms with E-state index in [1.165, 1.54) is 36.9 Å². The zero-order valence-corrected chi connectivity index (χ0v) is 21.7. The van der Waals surface area contributed by atoms with Crippen molar-refractivity contribution in [1.29, 1.82) is 0 Å². The smallest absolute Gasteiger partial charge is 0.145 e. The van der Waals surface area contributed by atoms with E-state index in [1.807, 2.05) is 11.3 Å². The Labute approximate surface area is 220 Å². The molecule has 2 nitrogen and oxygen atoms in total. The molecule has 3 heteroatoms. The van der Waals surface area contributed by atoms with Crippen LogP contribution in [0.3, 0.4) is 0 Å². The standard InChI is InChI=1S/C34H26N2S/c1-22(2)23-18-20-26(21-19-23)36-31-12-5-4-11-30(31)35-34(36)25-16-14-24(15-17-25)27-9-7-10-29-28-8-3-6-13-32(28)37-33(27)29/h3-22H,1-2H3. The second kappa shape index (κ2) is 8.72. The van der Waals surface area contributed by atoms with Gasteiger partial charge in [-0.25, -0.2) is 4.98 Å². The Bertz CT molecular complexity index is 1890. The van der Waals surface area contributed by atoms with Gasteiger partial charge in [0.2, 0.25) is 0 Å². The van der Waals surface area contributed by atoms with Gasteiger partial charge in [-0.3, -0.25) is 4.57 Å². The lowest BCUT2D eigenvalue weighted by Gasteiger charge is -2.12. The molecule has 0 N–H and O–H groups in total. The molecule has 0 amide bonds. The lowest BCUT2D eigenvalue weighted by molar-refractivity contribution is 0.865. The second-order valence-corrected chi connectivity index (χ2v) is 10.9. The summed E-state index contributed by atoms with van der Waals surface area (Å²) in [6, 6.07) is 41.5. The fraction of sp³-hybridized carbons (Fsp3) is 0.0882. The molecule has 0 aliphatic carbocycles. The molecule has 0 radical (unpaired) electrons. The number of benzene rings is 5. The molecule has 7 aromatic rings. The van der Waals surface area contributed by atoms with Crippen LogP contribution >= 0.6 is 11.3 Å². The molecule has 2 heterocycles. The van der Waals surface area contributed by atoms with Crippen LogP contribution in [0.25, 0.3) is 59.4 Å². The summed E-state index contributed by atoms with van der Waals surface area (Å²) in [5, 5.41) is 2.66. The summed E-state index contributed by atoms with van der Waals surface area (Å²) < 4.78 is 4.95. The minimum absolute atomic E-state index is 0.506. The Kier molecular flexibility index (Phi) is 5.19. The van der Waals surface area contributed by atoms with E-state index in [0.29, 0.717) is 5.92 Å². The molecule has 0 unspecified atom stereocenters. The Morgan fingerprint density at radius 3 is 2.16 bits per heavy atom. The molecule has 0 aliphatic heterocycles. The molecule has 2 aromatic heterocycles. The zero-order chi connectivity index (χ0) is 24.9. The number of aromatic nitrogens is 2. The van der Waals surface area contributed by atoms with E-state index >= 15 is 0 Å². The fourth-order valence-electron chi connectivity index (χ4n) is 5.26. The van der Waals surface area contributed by atoms with Gasteiger partial charge < -0.3 is 0 Å². The Balaban J connectivity index is 1.35. The molecular weight excluding hydrogens is 468 g/mol. The highest BCUT2D eigenvalue weighted by atomic mass is 32.1. The van der Waals surface area contributed by atoms with Gasteiger partial charge >= 0.3 is 0 Å². The maximum Gasteiger partial charge on any atom is 0.145 e. The van der Waals surface area contributed by atoms with E-state index in [1.54, 1.807) is 0 Å². The van der Waals surface area contributed by atoms with Gasteiger partial charge in [-0.2, -0.15) is 0 Å². The van der Waals surface area contributed by atoms with Crippen molar-refractivity contribution in [2.75, 3.05) is 0 Å². The topological polar surface area (TPSA) is 17.8 Å². The number of rotatable bonds is 4. The van der Waals surface area contributed by atoms with Crippen LogP contribution in [0, 0.1) is 0 Å². The van der Waals surface area contributed by atoms with E-state index in [-0.39, 0.29) is 0 Å². The van der Waals surface area contributed by atoms with Crippen LogP contribution in [0.15, 0.2) is 115 Å². The first kappa shape index (κ1) is 22.0. The number of nitrogens with zero attached hydrogens (tertiary/aromatic N) is 2. The quantitative estimate of drug-likeness (QED) is 0.238. The van der Waals surface area contributed by atoms with Gasteiger partial charge in [0.15, 0.2) is 0 Å². The minimum atomic E-state index is 0.506. The van der Waals surface area contributed by atoms with Crippen LogP contribution in [-0.4, -0.2) is 9.55 Å². The monoisotopic (exact) mass is 494 g/mol. The number of para-hydroxylation sites is 2. The first-order chi connectivity index (χ1) is 18.2. The van der Waals surface area contributed by atoms with Crippen molar-refractivity contribution in [3.8, 4) is 28.2 Å². The number of imidazole rings is 1. The van der Waals surface area contributed by atoms with Gasteiger partial charge in [0.1, 0.15) is 5.82 Å². The van der Waals surface area contributed by atoms with Crippen molar-refractivity contribution < 1.29 is 0 Å². The summed E-state index contributed by atoms with van der Waals surface area (Å²) >= 11 is 1.87. The van der Waals surface area contributed by atoms with E-state index in [2.05, 4.69) is 134 Å². The average molecular weight is 495 g/mol. The maximum atomic E-state index is 5.06. The highest BCUT2D eigenvalue weighted by Crippen LogP contribution is 2.40. The minimum Gasteiger partial charge on any atom is -0.292 e. The van der Waals surface area contributed by atoms with Gasteiger partial charge in [-0.1, -0.05) is 98.8 Å². The van der Waals surface area contributed by atoms with Gasteiger partial charge in [0, 0.05) is 31.4 Å². The maximum absolute atomic E-state index is 5.06. The number of fused-ring (bicyclic) bond motifs is 4. The van der Waals surface area contributed by atoms with Crippen LogP contribution in [-0.2, 0) is 0 Å². The molecule has 5 aromatic carbocycles. The number of hydrogen-bond acceptors (Lipinski definition) is 2. The molecule has 37 heavy (non-hydrogen) atoms. The highest BCUT2D eigenvalue weighted by Gasteiger charge is 2.15. The summed E-state index contributed by atoms with van der Waals surface area (Å²) in [6.45, 7) is 4.46. The third kappa shape index (κ3) is 3.66. The normalized spacial score (nSPS) is 11.8. The predicted molar refractivity (Wildman–Crippen MR) is 159 cm³/mol. The lowest BCUT2D eigenvalue weighted by atomic mass is 10.0. The number of thiophene rings is 1. The summed E-state index contributed by atoms with van der Waals surface area (Å²) in [7, 11) is 0. The van der Waals surface area contributed by atoms with Crippen molar-refractivity contribution in [1.82, 2.24) is 9.55 Å². The van der Waals surface area contributed by atoms with E-state index < -0.39 is 0 Å². The first-order valence-corrected chi connectivity index (χ1v) is 13.6. The van der Waals surface area contributed by atoms with Crippen LogP contribution in [0.4, 0.5) is 0 Å². The molecule has 0 saturated heterocycles. The van der Waals surface area contributed by atoms with Crippen molar-refractivity contribution in [3.63, 3.8) is 0 Å². The van der Waals surface area contributed by atoms with Crippen LogP contribution in [0.2, 0.25) is 0 Å². The highest BCUT2D eigenvalue weighted by molar-refractivity contribution is 7.26. The molecule has 0 atom stereocenters. The van der Waals surface area contributed by atoms with Crippen LogP contribution in [0.1, 0.15) is 25.3 Å². The SMILES string of the molecule is CC(C)c1ccc(-n2c(-c3ccc(-c4cccc5c4sc4ccccc45)cc3)nc3ccccc32)cc1. The lowest BCUT2D eigenvalue weighted by Crippen LogP contribution is -1.98. The van der Waals surface area contributed by atoms with E-state index in [9.17, 15) is 0 Å². The Morgan fingerprint density at radius 1 is 0.649 bits per heavy atom. The first-order valence-electron chi connectivity index (χ1n) is 12.8. The van der Waals surface area contributed by atoms with E-state index in [0.717, 1.165) is 28.1 Å². The molecular formula is C34H26N2S. The summed E-state index contributed by atoms with van der Waals surface area (Å²) in [5.74, 6) is 1.47. The molecule has 0 saturated carbocycles. The van der Waals surface area contributed by atoms with Crippen LogP contribution in [0.5, 0.6) is 0 Å². The molecule has 0 aliphatic rings. The Hall–Kier alpha value is -4.21. The third-order valence-electron chi connectivity index (χ3n) is 7.24. The fourth-order valence-corrected chi connectivity index (χ4v) is 6.50. The van der Waals surface area contributed by atoms with E-state index in [4.69, 9.17) is 4.98 Å². The summed E-state index contributed by atoms with van der Waals surface area (Å²) in [4.78, 5) is 5.06. The molecule has 0 fully saturated rings. The van der Waals surface area contributed by atoms with Crippen molar-refractivity contribution in [3.05, 3.63) is 121 Å². The van der Waals surface area contributed by atoms with Crippen molar-refractivity contribution >= 4 is 42.5 Å². The van der Waals surface area contributed by atoms with Gasteiger partial charge in [0.25, 0.3) is 0 Å². The van der Waals surface area contributed by atoms with Crippen molar-refractivity contribution in [2.45, 2.75) is 19.8 Å². The molecule has 178 valence electrons. The zero-order valence-electron chi connectivity index (χ0n) is 20.8. The molecule has 7 rings (SSSR count). The molecule has 0 spiro atoms. The summed E-state index contributed by atoms with van der Waals surface area (Å²) in [6.07, 6.45) is 0. The Morgan fingerprint density at radius 2 is 1.35 bits per heavy atom. The predicted octanol–water partition coefficient (Wildman–Crippen LogP) is 9.85. The number of hydrogen-bond donors (Lipinski definition) is 0. The van der Waals surface area contributed by atoms with Gasteiger partial charge in [-0.05, 0) is 52.9 Å². The third-order valence-corrected chi connectivity index (χ3v) is 8.46. The average Bonchev–Trinajstić information content (AvgIpc) is 3.52. The largest absolute Gasteiger partial charge is 0.292 e. The van der Waals surface area contributed by atoms with Gasteiger partial charge in [0.05, 0.1) is 11.0 Å².